The van der Waals surface area contributed by atoms with Crippen LogP contribution < -0.4 is 23.7 Å². The van der Waals surface area contributed by atoms with Gasteiger partial charge in [0.15, 0.2) is 5.79 Å². The van der Waals surface area contributed by atoms with Gasteiger partial charge in [-0.15, -0.1) is 23.5 Å². The average molecular weight is 1910 g/mol. The maximum absolute atomic E-state index is 11.2. The molecule has 4 saturated carbocycles. The van der Waals surface area contributed by atoms with Crippen LogP contribution in [0.1, 0.15) is 449 Å². The molecule has 16 aliphatic rings. The molecule has 6 unspecified atom stereocenters. The van der Waals surface area contributed by atoms with Crippen molar-refractivity contribution in [2.75, 3.05) is 24.7 Å². The molecule has 5 N–H and O–H groups in total. The highest BCUT2D eigenvalue weighted by atomic mass is 32.2. The Kier molecular flexibility index (Phi) is 28.9. The number of allylic oxidation sites excluding steroid dienone is 10. The van der Waals surface area contributed by atoms with Crippen molar-refractivity contribution in [3.8, 4) is 57.5 Å². The number of hydrogen-bond donors (Lipinski definition) is 5. The maximum Gasteiger partial charge on any atom is 0.195 e. The molecule has 5 aromatic carbocycles. The van der Waals surface area contributed by atoms with E-state index < -0.39 is 5.79 Å². The summed E-state index contributed by atoms with van der Waals surface area (Å²) >= 11 is 4.14. The number of benzene rings is 5. The summed E-state index contributed by atoms with van der Waals surface area (Å²) in [7, 11) is 0. The third kappa shape index (κ3) is 19.0. The molecular formula is C123H174O12S2. The number of phenolic OH excluding ortho intramolecular Hbond substituents is 5. The lowest BCUT2D eigenvalue weighted by atomic mass is 9.64. The molecule has 21 rings (SSSR count). The lowest BCUT2D eigenvalue weighted by Gasteiger charge is -2.47. The number of ether oxygens (including phenoxy) is 7. The van der Waals surface area contributed by atoms with Crippen molar-refractivity contribution >= 4 is 23.5 Å². The maximum atomic E-state index is 11.2. The SMILES string of the molecule is CC1=CC[C@@H]2[C@@H](C1)c1c(O)cc(C3CC4CCC3(C)C4(C)C)cc1OC2(C)C.CC1=CC[C@@H]2[C@@H](C1)c1c(O)cc(C3CC4CCC3(C)C4(C)C)cc1OC2(C)C.CCCCCCC1(c2cc(O)c3c(c2)OC(C)(C)[C@@H]2CC=C(C)C[C@@H]32)OCCO1.CCCCCCC1(c2cc(O)c3c(c2)OC(C)(C)[C@@H]2CC=C(C)C[C@@H]32)SCCS1.CCCCCc1cc(O)c2c(c1)OC(C)(C)[C@@H]1CC=C(C)C[C@@H]21. The number of hydrogen-bond acceptors (Lipinski definition) is 14. The molecular weight excluding hydrogens is 1730 g/mol. The van der Waals surface area contributed by atoms with Crippen LogP contribution in [0.25, 0.3) is 0 Å². The minimum atomic E-state index is -0.757. The Morgan fingerprint density at radius 3 is 0.978 bits per heavy atom. The van der Waals surface area contributed by atoms with Gasteiger partial charge in [0.05, 0.1) is 17.3 Å². The van der Waals surface area contributed by atoms with Gasteiger partial charge < -0.3 is 58.7 Å². The predicted molar refractivity (Wildman–Crippen MR) is 565 cm³/mol. The molecule has 137 heavy (non-hydrogen) atoms. The minimum Gasteiger partial charge on any atom is -0.508 e. The zero-order valence-corrected chi connectivity index (χ0v) is 90.3. The number of rotatable bonds is 18. The first-order valence-electron chi connectivity index (χ1n) is 54.4. The number of phenols is 5. The first-order valence-corrected chi connectivity index (χ1v) is 56.3. The second kappa shape index (κ2) is 38.8. The highest BCUT2D eigenvalue weighted by molar-refractivity contribution is 8.20. The Labute approximate surface area is 834 Å². The van der Waals surface area contributed by atoms with Crippen molar-refractivity contribution in [1.29, 1.82) is 0 Å². The Morgan fingerprint density at radius 1 is 0.336 bits per heavy atom. The van der Waals surface area contributed by atoms with Gasteiger partial charge in [-0.05, 0) is 361 Å². The van der Waals surface area contributed by atoms with Crippen LogP contribution in [0.3, 0.4) is 0 Å². The summed E-state index contributed by atoms with van der Waals surface area (Å²) in [5.74, 6) is 14.8. The molecule has 7 heterocycles. The molecule has 6 fully saturated rings. The molecule has 5 aromatic rings. The molecule has 750 valence electrons. The molecule has 9 aliphatic carbocycles. The van der Waals surface area contributed by atoms with Crippen LogP contribution in [0.2, 0.25) is 0 Å². The van der Waals surface area contributed by atoms with E-state index in [1.807, 2.05) is 12.1 Å². The third-order valence-electron chi connectivity index (χ3n) is 39.2. The van der Waals surface area contributed by atoms with Gasteiger partial charge in [-0.25, -0.2) is 0 Å². The van der Waals surface area contributed by atoms with Crippen LogP contribution in [-0.4, -0.2) is 78.3 Å². The van der Waals surface area contributed by atoms with Gasteiger partial charge in [0.25, 0.3) is 0 Å². The van der Waals surface area contributed by atoms with Crippen LogP contribution in [0.15, 0.2) is 119 Å². The number of fused-ring (bicyclic) bond motifs is 19. The quantitative estimate of drug-likeness (QED) is 0.0416. The third-order valence-corrected chi connectivity index (χ3v) is 42.8. The highest BCUT2D eigenvalue weighted by Gasteiger charge is 2.64. The fraction of sp³-hybridized carbons (Fsp3) is 0.675. The minimum absolute atomic E-state index is 0.0764. The fourth-order valence-electron chi connectivity index (χ4n) is 30.3. The van der Waals surface area contributed by atoms with Crippen molar-refractivity contribution in [2.24, 2.45) is 63.1 Å². The predicted octanol–water partition coefficient (Wildman–Crippen LogP) is 33.4. The first-order chi connectivity index (χ1) is 64.7. The second-order valence-electron chi connectivity index (χ2n) is 50.1. The summed E-state index contributed by atoms with van der Waals surface area (Å²) in [4.78, 5) is 0. The molecule has 0 aromatic heterocycles. The molecule has 0 radical (unpaired) electrons. The lowest BCUT2D eigenvalue weighted by Crippen LogP contribution is -2.45. The van der Waals surface area contributed by atoms with Gasteiger partial charge >= 0.3 is 0 Å². The topological polar surface area (TPSA) is 166 Å². The summed E-state index contributed by atoms with van der Waals surface area (Å²) in [5.41, 5.74) is 18.6. The largest absolute Gasteiger partial charge is 0.508 e. The molecule has 12 nitrogen and oxygen atoms in total. The molecule has 16 atom stereocenters. The zero-order valence-electron chi connectivity index (χ0n) is 88.7. The van der Waals surface area contributed by atoms with Gasteiger partial charge in [-0.2, -0.15) is 0 Å². The van der Waals surface area contributed by atoms with E-state index in [4.69, 9.17) is 33.2 Å². The summed E-state index contributed by atoms with van der Waals surface area (Å²) in [6, 6.07) is 21.2. The number of thioether (sulfide) groups is 2. The van der Waals surface area contributed by atoms with E-state index in [0.29, 0.717) is 135 Å². The Balaban J connectivity index is 0.000000119. The molecule has 4 bridgehead atoms. The van der Waals surface area contributed by atoms with Crippen molar-refractivity contribution in [1.82, 2.24) is 0 Å². The summed E-state index contributed by atoms with van der Waals surface area (Å²) in [5, 5.41) is 55.4. The number of aryl methyl sites for hydroxylation is 1. The molecule has 14 heteroatoms. The second-order valence-corrected chi connectivity index (χ2v) is 53.1. The van der Waals surface area contributed by atoms with Crippen LogP contribution in [0.5, 0.6) is 57.5 Å². The van der Waals surface area contributed by atoms with E-state index in [9.17, 15) is 25.5 Å². The van der Waals surface area contributed by atoms with E-state index >= 15 is 0 Å². The summed E-state index contributed by atoms with van der Waals surface area (Å²) in [6.45, 7) is 55.9. The molecule has 0 amide bonds. The van der Waals surface area contributed by atoms with Gasteiger partial charge in [0.1, 0.15) is 85.5 Å². The smallest absolute Gasteiger partial charge is 0.195 e. The fourth-order valence-corrected chi connectivity index (χ4v) is 33.6. The van der Waals surface area contributed by atoms with Crippen molar-refractivity contribution in [3.05, 3.63) is 175 Å². The van der Waals surface area contributed by atoms with E-state index in [2.05, 4.69) is 269 Å². The van der Waals surface area contributed by atoms with Gasteiger partial charge in [0, 0.05) is 110 Å². The van der Waals surface area contributed by atoms with E-state index in [0.717, 1.165) is 157 Å². The van der Waals surface area contributed by atoms with Gasteiger partial charge in [-0.3, -0.25) is 0 Å². The van der Waals surface area contributed by atoms with Crippen molar-refractivity contribution in [2.45, 2.75) is 438 Å². The van der Waals surface area contributed by atoms with Crippen molar-refractivity contribution in [3.63, 3.8) is 0 Å². The molecule has 0 spiro atoms. The van der Waals surface area contributed by atoms with E-state index in [-0.39, 0.29) is 32.1 Å². The number of unbranched alkanes of at least 4 members (excludes halogenated alkanes) is 8. The normalized spacial score (nSPS) is 31.9. The van der Waals surface area contributed by atoms with Crippen molar-refractivity contribution < 1.29 is 58.7 Å². The highest BCUT2D eigenvalue weighted by Crippen LogP contribution is 2.74. The van der Waals surface area contributed by atoms with E-state index in [1.165, 1.54) is 171 Å². The Hall–Kier alpha value is -6.58. The van der Waals surface area contributed by atoms with Crippen LogP contribution >= 0.6 is 23.5 Å². The Morgan fingerprint density at radius 2 is 0.642 bits per heavy atom. The Bertz CT molecular complexity index is 5140. The van der Waals surface area contributed by atoms with Crippen LogP contribution in [0, 0.1) is 63.1 Å². The summed E-state index contributed by atoms with van der Waals surface area (Å²) in [6.07, 6.45) is 46.3. The average Bonchev–Trinajstić information content (AvgIpc) is 1.54. The summed E-state index contributed by atoms with van der Waals surface area (Å²) < 4.78 is 44.9. The van der Waals surface area contributed by atoms with Crippen LogP contribution in [-0.2, 0) is 25.8 Å². The monoisotopic (exact) mass is 1910 g/mol. The standard InChI is InChI=1S/2C26H36O2.C25H36O4.C25H36O2S2.C21H30O2/c2*1-15-7-8-19-18(11-15)23-21(27)12-16(13-22(23)28-25(19,4)5)20-14-17-9-10-26(20,6)24(17,2)3;1-5-6-7-8-11-25(27-12-13-28-25)18-15-21(26)23-19-14-17(2)9-10-20(19)24(3,4)29-22(23)16-18;1-5-6-7-8-11-25(28-12-13-29-25)18-15-21(26)23-19-14-17(2)9-10-20(19)24(3,4)27-22(23)16-18;1-5-6-7-8-15-12-18(22)20-16-11-14(2)9-10-17(16)21(3,4)23-19(20)13-15/h2*7,12-13,17-20,27H,8-11,14H2,1-6H3;2*9,15-16,19-20,26H,5-8,10-14H2,1-4H3;9,12-13,16-17,22H,5-8,10-11H2,1-4H3/t2*17?,18-,19-,20?,26?;2*19-,20-;16-,17-/m11111/s1. The molecule has 2 saturated heterocycles. The zero-order chi connectivity index (χ0) is 98.0. The van der Waals surface area contributed by atoms with Gasteiger partial charge in [-0.1, -0.05) is 178 Å². The van der Waals surface area contributed by atoms with Crippen LogP contribution in [0.4, 0.5) is 0 Å². The van der Waals surface area contributed by atoms with E-state index in [1.54, 1.807) is 0 Å². The number of aromatic hydroxyl groups is 5. The molecule has 7 aliphatic heterocycles. The van der Waals surface area contributed by atoms with Gasteiger partial charge in [0.2, 0.25) is 0 Å². The first kappa shape index (κ1) is 102. The lowest BCUT2D eigenvalue weighted by molar-refractivity contribution is -0.172.